The Kier molecular flexibility index (Phi) is 10.2. The fourth-order valence-corrected chi connectivity index (χ4v) is 7.10. The summed E-state index contributed by atoms with van der Waals surface area (Å²) in [5.74, 6) is -5.99. The van der Waals surface area contributed by atoms with E-state index in [9.17, 15) is 22.0 Å². The summed E-state index contributed by atoms with van der Waals surface area (Å²) in [4.78, 5) is 24.6. The minimum atomic E-state index is -4.44. The molecule has 1 fully saturated rings. The number of alkyl halides is 1. The van der Waals surface area contributed by atoms with Crippen LogP contribution < -0.4 is 15.6 Å². The number of nitrogens with one attached hydrogen (secondary N) is 2. The van der Waals surface area contributed by atoms with Crippen molar-refractivity contribution in [2.45, 2.75) is 63.4 Å². The van der Waals surface area contributed by atoms with Gasteiger partial charge in [-0.2, -0.15) is 4.98 Å². The Bertz CT molecular complexity index is 1930. The Morgan fingerprint density at radius 1 is 1.00 bits per heavy atom. The highest BCUT2D eigenvalue weighted by Gasteiger charge is 2.27. The summed E-state index contributed by atoms with van der Waals surface area (Å²) >= 11 is 0. The van der Waals surface area contributed by atoms with Gasteiger partial charge in [0.15, 0.2) is 17.5 Å². The van der Waals surface area contributed by atoms with Crippen molar-refractivity contribution in [1.82, 2.24) is 19.4 Å². The zero-order valence-electron chi connectivity index (χ0n) is 26.0. The molecule has 0 spiro atoms. The number of hydrogen-bond acceptors (Lipinski definition) is 7. The minimum absolute atomic E-state index is 0.0626. The first-order valence-corrected chi connectivity index (χ1v) is 16.8. The number of rotatable bonds is 11. The second-order valence-corrected chi connectivity index (χ2v) is 13.7. The molecular formula is C32H35F5N6O3S. The van der Waals surface area contributed by atoms with Gasteiger partial charge >= 0.3 is 0 Å². The molecule has 2 N–H and O–H groups in total. The fraction of sp³-hybridized carbons (Fsp3) is 0.406. The summed E-state index contributed by atoms with van der Waals surface area (Å²) in [7, 11) is -2.53. The summed E-state index contributed by atoms with van der Waals surface area (Å²) in [6.45, 7) is 3.38. The summed E-state index contributed by atoms with van der Waals surface area (Å²) in [6, 6.07) is 6.08. The van der Waals surface area contributed by atoms with Crippen molar-refractivity contribution >= 4 is 32.7 Å². The van der Waals surface area contributed by atoms with Crippen LogP contribution in [-0.4, -0.2) is 60.2 Å². The third-order valence-electron chi connectivity index (χ3n) is 8.36. The Morgan fingerprint density at radius 3 is 2.32 bits per heavy atom. The highest BCUT2D eigenvalue weighted by Crippen LogP contribution is 2.33. The van der Waals surface area contributed by atoms with E-state index in [4.69, 9.17) is 0 Å². The van der Waals surface area contributed by atoms with Crippen LogP contribution in [0.1, 0.15) is 51.1 Å². The zero-order valence-corrected chi connectivity index (χ0v) is 26.9. The molecule has 1 aliphatic rings. The predicted molar refractivity (Wildman–Crippen MR) is 170 cm³/mol. The number of hydrogen-bond donors (Lipinski definition) is 2. The molecule has 0 unspecified atom stereocenters. The van der Waals surface area contributed by atoms with Gasteiger partial charge in [0.25, 0.3) is 5.56 Å². The van der Waals surface area contributed by atoms with Crippen molar-refractivity contribution in [2.75, 3.05) is 30.3 Å². The summed E-state index contributed by atoms with van der Waals surface area (Å²) in [5, 5.41) is 3.61. The van der Waals surface area contributed by atoms with Gasteiger partial charge in [-0.05, 0) is 76.4 Å². The standard InChI is InChI=1S/C32H35F5N6O3S/c1-18(2)43-30-20(16-38-32(40-30)39-22-8-10-23(11-9-22)42(3)13-12-33)14-25(31(43)44)24-15-26(35)29(28(37)27(24)36)41-47(45,46)17-19-4-6-21(34)7-5-19/h4-7,14-16,18,22-23,41H,8-13,17H2,1-3H3,(H,38,39,40). The summed E-state index contributed by atoms with van der Waals surface area (Å²) in [5.41, 5.74) is -2.74. The molecule has 4 aromatic rings. The van der Waals surface area contributed by atoms with Gasteiger partial charge in [-0.1, -0.05) is 12.1 Å². The minimum Gasteiger partial charge on any atom is -0.351 e. The summed E-state index contributed by atoms with van der Waals surface area (Å²) in [6.07, 6.45) is 4.79. The Balaban J connectivity index is 1.44. The smallest absolute Gasteiger partial charge is 0.260 e. The normalized spacial score (nSPS) is 17.1. The third-order valence-corrected chi connectivity index (χ3v) is 9.58. The number of benzene rings is 2. The van der Waals surface area contributed by atoms with Gasteiger partial charge in [0.2, 0.25) is 16.0 Å². The maximum Gasteiger partial charge on any atom is 0.260 e. The van der Waals surface area contributed by atoms with Gasteiger partial charge in [-0.3, -0.25) is 14.1 Å². The first-order chi connectivity index (χ1) is 22.3. The maximum absolute atomic E-state index is 15.5. The molecule has 0 saturated heterocycles. The molecule has 0 radical (unpaired) electrons. The van der Waals surface area contributed by atoms with Crippen LogP contribution in [0.4, 0.5) is 33.6 Å². The molecule has 47 heavy (non-hydrogen) atoms. The zero-order chi connectivity index (χ0) is 34.0. The molecule has 0 amide bonds. The van der Waals surface area contributed by atoms with Gasteiger partial charge in [-0.25, -0.2) is 35.4 Å². The first-order valence-electron chi connectivity index (χ1n) is 15.2. The molecule has 2 aromatic heterocycles. The van der Waals surface area contributed by atoms with E-state index in [0.29, 0.717) is 18.0 Å². The molecule has 1 aliphatic carbocycles. The molecule has 2 aromatic carbocycles. The van der Waals surface area contributed by atoms with Crippen LogP contribution in [0.15, 0.2) is 47.4 Å². The van der Waals surface area contributed by atoms with Gasteiger partial charge < -0.3 is 10.2 Å². The van der Waals surface area contributed by atoms with Crippen molar-refractivity contribution in [3.8, 4) is 11.1 Å². The largest absolute Gasteiger partial charge is 0.351 e. The molecule has 0 atom stereocenters. The Labute approximate surface area is 268 Å². The van der Waals surface area contributed by atoms with Crippen LogP contribution in [0.2, 0.25) is 0 Å². The molecular weight excluding hydrogens is 643 g/mol. The number of halogens is 5. The molecule has 2 heterocycles. The van der Waals surface area contributed by atoms with E-state index in [1.807, 2.05) is 11.9 Å². The topological polar surface area (TPSA) is 109 Å². The van der Waals surface area contributed by atoms with Crippen molar-refractivity contribution < 1.29 is 30.4 Å². The van der Waals surface area contributed by atoms with Gasteiger partial charge in [0.05, 0.1) is 11.3 Å². The number of fused-ring (bicyclic) bond motifs is 1. The van der Waals surface area contributed by atoms with E-state index < -0.39 is 68.6 Å². The van der Waals surface area contributed by atoms with Crippen molar-refractivity contribution in [1.29, 1.82) is 0 Å². The molecule has 15 heteroatoms. The van der Waals surface area contributed by atoms with Crippen LogP contribution in [0.3, 0.4) is 0 Å². The van der Waals surface area contributed by atoms with Crippen LogP contribution in [0.5, 0.6) is 0 Å². The van der Waals surface area contributed by atoms with Crippen molar-refractivity contribution in [3.63, 3.8) is 0 Å². The number of aromatic nitrogens is 3. The van der Waals surface area contributed by atoms with Gasteiger partial charge in [-0.15, -0.1) is 0 Å². The van der Waals surface area contributed by atoms with Crippen LogP contribution in [0, 0.1) is 23.3 Å². The van der Waals surface area contributed by atoms with Crippen molar-refractivity contribution in [3.05, 3.63) is 81.8 Å². The van der Waals surface area contributed by atoms with E-state index in [1.165, 1.54) is 29.0 Å². The average molecular weight is 679 g/mol. The SMILES string of the molecule is CC(C)n1c(=O)c(-c2cc(F)c(NS(=O)(=O)Cc3ccc(F)cc3)c(F)c2F)cc2cnc(NC3CCC(N(C)CCF)CC3)nc21. The number of sulfonamides is 1. The molecule has 1 saturated carbocycles. The van der Waals surface area contributed by atoms with E-state index in [2.05, 4.69) is 15.3 Å². The van der Waals surface area contributed by atoms with Crippen LogP contribution in [-0.2, 0) is 15.8 Å². The lowest BCUT2D eigenvalue weighted by Crippen LogP contribution is -2.39. The Morgan fingerprint density at radius 2 is 1.68 bits per heavy atom. The average Bonchev–Trinajstić information content (AvgIpc) is 3.02. The maximum atomic E-state index is 15.5. The molecule has 5 rings (SSSR count). The lowest BCUT2D eigenvalue weighted by molar-refractivity contribution is 0.174. The van der Waals surface area contributed by atoms with Crippen LogP contribution in [0.25, 0.3) is 22.2 Å². The molecule has 252 valence electrons. The second kappa shape index (κ2) is 13.9. The van der Waals surface area contributed by atoms with E-state index >= 15 is 13.2 Å². The van der Waals surface area contributed by atoms with Gasteiger partial charge in [0, 0.05) is 41.8 Å². The third kappa shape index (κ3) is 7.56. The highest BCUT2D eigenvalue weighted by atomic mass is 32.2. The second-order valence-electron chi connectivity index (χ2n) is 12.0. The first kappa shape index (κ1) is 34.2. The quantitative estimate of drug-likeness (QED) is 0.145. The molecule has 9 nitrogen and oxygen atoms in total. The predicted octanol–water partition coefficient (Wildman–Crippen LogP) is 6.16. The van der Waals surface area contributed by atoms with Crippen LogP contribution >= 0.6 is 0 Å². The highest BCUT2D eigenvalue weighted by molar-refractivity contribution is 7.91. The number of nitrogens with zero attached hydrogens (tertiary/aromatic N) is 4. The lowest BCUT2D eigenvalue weighted by atomic mass is 9.90. The van der Waals surface area contributed by atoms with E-state index in [0.717, 1.165) is 37.8 Å². The summed E-state index contributed by atoms with van der Waals surface area (Å²) < 4.78 is 100. The fourth-order valence-electron chi connectivity index (χ4n) is 5.90. The monoisotopic (exact) mass is 678 g/mol. The van der Waals surface area contributed by atoms with Gasteiger partial charge in [0.1, 0.15) is 23.8 Å². The number of anilines is 2. The Hall–Kier alpha value is -4.11. The lowest BCUT2D eigenvalue weighted by Gasteiger charge is -2.34. The molecule has 0 aliphatic heterocycles. The van der Waals surface area contributed by atoms with E-state index in [-0.39, 0.29) is 34.8 Å². The number of pyridine rings is 1. The molecule has 0 bridgehead atoms. The van der Waals surface area contributed by atoms with E-state index in [1.54, 1.807) is 18.6 Å². The van der Waals surface area contributed by atoms with Crippen molar-refractivity contribution in [2.24, 2.45) is 0 Å².